The molecular weight excluding hydrogens is 254 g/mol. The second kappa shape index (κ2) is 5.90. The summed E-state index contributed by atoms with van der Waals surface area (Å²) in [5, 5.41) is 12.5. The monoisotopic (exact) mass is 271 g/mol. The summed E-state index contributed by atoms with van der Waals surface area (Å²) in [6.45, 7) is 5.26. The van der Waals surface area contributed by atoms with Gasteiger partial charge in [-0.3, -0.25) is 9.30 Å². The normalized spacial score (nSPS) is 16.1. The number of aromatic nitrogens is 2. The molecule has 2 aromatic rings. The van der Waals surface area contributed by atoms with Gasteiger partial charge in [0.05, 0.1) is 13.2 Å². The number of imidazole rings is 1. The number of pyridine rings is 1. The van der Waals surface area contributed by atoms with Crippen LogP contribution in [0.15, 0.2) is 24.4 Å². The molecule has 1 aliphatic rings. The van der Waals surface area contributed by atoms with E-state index in [9.17, 15) is 5.26 Å². The van der Waals surface area contributed by atoms with Crippen LogP contribution >= 0.6 is 0 Å². The van der Waals surface area contributed by atoms with E-state index in [1.807, 2.05) is 24.4 Å². The molecule has 3 heterocycles. The predicted octanol–water partition coefficient (Wildman–Crippen LogP) is 0.950. The van der Waals surface area contributed by atoms with Crippen molar-refractivity contribution in [1.29, 1.82) is 5.26 Å². The summed E-state index contributed by atoms with van der Waals surface area (Å²) in [5.41, 5.74) is 1.35. The molecule has 0 saturated carbocycles. The first kappa shape index (κ1) is 12.9. The SMILES string of the molecule is N#Cc1c(NCCN2CCOCC2)nc2ccccn12. The molecule has 3 rings (SSSR count). The molecule has 1 aliphatic heterocycles. The number of nitrogens with zero attached hydrogens (tertiary/aromatic N) is 4. The van der Waals surface area contributed by atoms with Crippen LogP contribution < -0.4 is 5.32 Å². The van der Waals surface area contributed by atoms with Gasteiger partial charge < -0.3 is 10.1 Å². The predicted molar refractivity (Wildman–Crippen MR) is 75.7 cm³/mol. The zero-order chi connectivity index (χ0) is 13.8. The molecule has 0 atom stereocenters. The summed E-state index contributed by atoms with van der Waals surface area (Å²) in [6.07, 6.45) is 1.86. The van der Waals surface area contributed by atoms with E-state index in [0.29, 0.717) is 11.5 Å². The highest BCUT2D eigenvalue weighted by Gasteiger charge is 2.12. The van der Waals surface area contributed by atoms with Gasteiger partial charge in [0, 0.05) is 32.4 Å². The molecule has 0 spiro atoms. The minimum Gasteiger partial charge on any atom is -0.379 e. The maximum atomic E-state index is 9.28. The maximum Gasteiger partial charge on any atom is 0.168 e. The van der Waals surface area contributed by atoms with Crippen molar-refractivity contribution < 1.29 is 4.74 Å². The van der Waals surface area contributed by atoms with Crippen molar-refractivity contribution in [2.75, 3.05) is 44.7 Å². The first-order chi connectivity index (χ1) is 9.88. The van der Waals surface area contributed by atoms with E-state index in [2.05, 4.69) is 21.3 Å². The van der Waals surface area contributed by atoms with Gasteiger partial charge in [0.25, 0.3) is 0 Å². The number of fused-ring (bicyclic) bond motifs is 1. The van der Waals surface area contributed by atoms with E-state index < -0.39 is 0 Å². The van der Waals surface area contributed by atoms with Crippen molar-refractivity contribution in [2.45, 2.75) is 0 Å². The van der Waals surface area contributed by atoms with Crippen LogP contribution in [0, 0.1) is 11.3 Å². The van der Waals surface area contributed by atoms with Gasteiger partial charge >= 0.3 is 0 Å². The van der Waals surface area contributed by atoms with Crippen LogP contribution in [0.2, 0.25) is 0 Å². The van der Waals surface area contributed by atoms with Crippen LogP contribution in [-0.2, 0) is 4.74 Å². The van der Waals surface area contributed by atoms with E-state index in [-0.39, 0.29) is 0 Å². The molecule has 0 bridgehead atoms. The Kier molecular flexibility index (Phi) is 3.81. The fraction of sp³-hybridized carbons (Fsp3) is 0.429. The zero-order valence-electron chi connectivity index (χ0n) is 11.2. The van der Waals surface area contributed by atoms with Gasteiger partial charge in [-0.25, -0.2) is 4.98 Å². The van der Waals surface area contributed by atoms with E-state index in [1.165, 1.54) is 0 Å². The number of morpholine rings is 1. The quantitative estimate of drug-likeness (QED) is 0.897. The van der Waals surface area contributed by atoms with Crippen LogP contribution in [0.1, 0.15) is 5.69 Å². The highest BCUT2D eigenvalue weighted by molar-refractivity contribution is 5.58. The third kappa shape index (κ3) is 2.59. The Morgan fingerprint density at radius 2 is 2.20 bits per heavy atom. The summed E-state index contributed by atoms with van der Waals surface area (Å²) in [5.74, 6) is 0.659. The number of anilines is 1. The number of ether oxygens (including phenoxy) is 1. The minimum atomic E-state index is 0.558. The Hall–Kier alpha value is -2.10. The van der Waals surface area contributed by atoms with E-state index in [1.54, 1.807) is 4.40 Å². The Balaban J connectivity index is 1.66. The molecule has 0 aromatic carbocycles. The molecule has 104 valence electrons. The number of hydrogen-bond acceptors (Lipinski definition) is 5. The largest absolute Gasteiger partial charge is 0.379 e. The summed E-state index contributed by atoms with van der Waals surface area (Å²) in [7, 11) is 0. The van der Waals surface area contributed by atoms with Gasteiger partial charge in [-0.1, -0.05) is 6.07 Å². The number of nitriles is 1. The molecule has 0 unspecified atom stereocenters. The summed E-state index contributed by atoms with van der Waals surface area (Å²) < 4.78 is 7.12. The van der Waals surface area contributed by atoms with Gasteiger partial charge in [-0.2, -0.15) is 5.26 Å². The van der Waals surface area contributed by atoms with Gasteiger partial charge in [0.15, 0.2) is 11.5 Å². The first-order valence-corrected chi connectivity index (χ1v) is 6.79. The van der Waals surface area contributed by atoms with Crippen LogP contribution in [0.5, 0.6) is 0 Å². The Labute approximate surface area is 117 Å². The Morgan fingerprint density at radius 3 is 3.00 bits per heavy atom. The standard InChI is InChI=1S/C14H17N5O/c15-11-12-14(17-13-3-1-2-5-19(12)13)16-4-6-18-7-9-20-10-8-18/h1-3,5,16H,4,6-10H2. The van der Waals surface area contributed by atoms with Crippen molar-refractivity contribution in [3.8, 4) is 6.07 Å². The lowest BCUT2D eigenvalue weighted by Crippen LogP contribution is -2.39. The summed E-state index contributed by atoms with van der Waals surface area (Å²) in [6, 6.07) is 7.92. The molecule has 6 heteroatoms. The van der Waals surface area contributed by atoms with Gasteiger partial charge in [0.1, 0.15) is 11.7 Å². The molecule has 1 saturated heterocycles. The number of rotatable bonds is 4. The molecule has 2 aromatic heterocycles. The van der Waals surface area contributed by atoms with Crippen molar-refractivity contribution >= 4 is 11.5 Å². The molecule has 0 radical (unpaired) electrons. The van der Waals surface area contributed by atoms with Crippen molar-refractivity contribution in [1.82, 2.24) is 14.3 Å². The van der Waals surface area contributed by atoms with Crippen LogP contribution in [-0.4, -0.2) is 53.7 Å². The smallest absolute Gasteiger partial charge is 0.168 e. The average Bonchev–Trinajstić information content (AvgIpc) is 2.86. The Bertz CT molecular complexity index is 624. The van der Waals surface area contributed by atoms with E-state index in [4.69, 9.17) is 4.74 Å². The number of hydrogen-bond donors (Lipinski definition) is 1. The topological polar surface area (TPSA) is 65.6 Å². The van der Waals surface area contributed by atoms with Crippen LogP contribution in [0.3, 0.4) is 0 Å². The molecular formula is C14H17N5O. The van der Waals surface area contributed by atoms with Crippen molar-refractivity contribution in [2.24, 2.45) is 0 Å². The third-order valence-corrected chi connectivity index (χ3v) is 3.46. The van der Waals surface area contributed by atoms with Gasteiger partial charge in [0.2, 0.25) is 0 Å². The lowest BCUT2D eigenvalue weighted by atomic mass is 10.4. The first-order valence-electron chi connectivity index (χ1n) is 6.79. The van der Waals surface area contributed by atoms with Gasteiger partial charge in [-0.05, 0) is 12.1 Å². The molecule has 20 heavy (non-hydrogen) atoms. The lowest BCUT2D eigenvalue weighted by Gasteiger charge is -2.26. The molecule has 6 nitrogen and oxygen atoms in total. The minimum absolute atomic E-state index is 0.558. The van der Waals surface area contributed by atoms with E-state index in [0.717, 1.165) is 45.0 Å². The zero-order valence-corrected chi connectivity index (χ0v) is 11.2. The van der Waals surface area contributed by atoms with Crippen molar-refractivity contribution in [3.63, 3.8) is 0 Å². The fourth-order valence-corrected chi connectivity index (χ4v) is 2.38. The highest BCUT2D eigenvalue weighted by Crippen LogP contribution is 2.16. The summed E-state index contributed by atoms with van der Waals surface area (Å²) >= 11 is 0. The second-order valence-corrected chi connectivity index (χ2v) is 4.73. The number of nitrogens with one attached hydrogen (secondary N) is 1. The van der Waals surface area contributed by atoms with Crippen LogP contribution in [0.25, 0.3) is 5.65 Å². The van der Waals surface area contributed by atoms with Gasteiger partial charge in [-0.15, -0.1) is 0 Å². The molecule has 1 N–H and O–H groups in total. The second-order valence-electron chi connectivity index (χ2n) is 4.73. The Morgan fingerprint density at radius 1 is 1.35 bits per heavy atom. The lowest BCUT2D eigenvalue weighted by molar-refractivity contribution is 0.0398. The molecule has 0 aliphatic carbocycles. The van der Waals surface area contributed by atoms with Crippen molar-refractivity contribution in [3.05, 3.63) is 30.1 Å². The average molecular weight is 271 g/mol. The highest BCUT2D eigenvalue weighted by atomic mass is 16.5. The van der Waals surface area contributed by atoms with Crippen LogP contribution in [0.4, 0.5) is 5.82 Å². The molecule has 0 amide bonds. The third-order valence-electron chi connectivity index (χ3n) is 3.46. The maximum absolute atomic E-state index is 9.28. The fourth-order valence-electron chi connectivity index (χ4n) is 2.38. The molecule has 1 fully saturated rings. The summed E-state index contributed by atoms with van der Waals surface area (Å²) in [4.78, 5) is 6.80. The van der Waals surface area contributed by atoms with E-state index >= 15 is 0 Å².